The first-order valence-corrected chi connectivity index (χ1v) is 5.96. The van der Waals surface area contributed by atoms with Crippen LogP contribution in [0.3, 0.4) is 0 Å². The van der Waals surface area contributed by atoms with Crippen LogP contribution in [0.5, 0.6) is 5.75 Å². The molecule has 0 bridgehead atoms. The highest BCUT2D eigenvalue weighted by Crippen LogP contribution is 2.30. The van der Waals surface area contributed by atoms with Crippen LogP contribution < -0.4 is 10.5 Å². The Labute approximate surface area is 114 Å². The lowest BCUT2D eigenvalue weighted by Crippen LogP contribution is -2.08. The molecule has 1 heterocycles. The largest absolute Gasteiger partial charge is 0.489 e. The lowest BCUT2D eigenvalue weighted by molar-refractivity contribution is -0.137. The van der Waals surface area contributed by atoms with E-state index in [1.54, 1.807) is 18.2 Å². The molecule has 0 radical (unpaired) electrons. The zero-order chi connectivity index (χ0) is 14.9. The van der Waals surface area contributed by atoms with Crippen molar-refractivity contribution in [2.75, 3.05) is 5.73 Å². The molecule has 108 valence electrons. The second kappa shape index (κ2) is 5.07. The number of nitrogens with zero attached hydrogens (tertiary/aromatic N) is 2. The molecule has 0 aliphatic heterocycles. The predicted octanol–water partition coefficient (Wildman–Crippen LogP) is 3.26. The first kappa shape index (κ1) is 14.2. The van der Waals surface area contributed by atoms with E-state index in [0.717, 1.165) is 17.1 Å². The van der Waals surface area contributed by atoms with Gasteiger partial charge in [-0.25, -0.2) is 4.68 Å². The maximum Gasteiger partial charge on any atom is 0.419 e. The summed E-state index contributed by atoms with van der Waals surface area (Å²) in [6.07, 6.45) is -2.80. The topological polar surface area (TPSA) is 53.1 Å². The van der Waals surface area contributed by atoms with Gasteiger partial charge in [-0.2, -0.15) is 18.3 Å². The molecule has 0 atom stereocenters. The molecule has 2 aromatic rings. The van der Waals surface area contributed by atoms with E-state index < -0.39 is 11.7 Å². The fraction of sp³-hybridized carbons (Fsp3) is 0.308. The van der Waals surface area contributed by atoms with Crippen LogP contribution in [-0.4, -0.2) is 15.9 Å². The SMILES string of the molecule is CC(C)Oc1cc(-n2cc(C(F)(F)F)cn2)ccc1N. The van der Waals surface area contributed by atoms with Crippen LogP contribution in [0.1, 0.15) is 19.4 Å². The number of ether oxygens (including phenoxy) is 1. The quantitative estimate of drug-likeness (QED) is 0.881. The van der Waals surface area contributed by atoms with Gasteiger partial charge in [0.1, 0.15) is 5.75 Å². The molecular weight excluding hydrogens is 271 g/mol. The summed E-state index contributed by atoms with van der Waals surface area (Å²) >= 11 is 0. The van der Waals surface area contributed by atoms with E-state index in [-0.39, 0.29) is 6.10 Å². The Morgan fingerprint density at radius 2 is 2.00 bits per heavy atom. The Morgan fingerprint density at radius 1 is 1.30 bits per heavy atom. The highest BCUT2D eigenvalue weighted by atomic mass is 19.4. The Balaban J connectivity index is 2.36. The van der Waals surface area contributed by atoms with Gasteiger partial charge in [0.15, 0.2) is 0 Å². The Morgan fingerprint density at radius 3 is 2.55 bits per heavy atom. The van der Waals surface area contributed by atoms with Crippen molar-refractivity contribution in [1.29, 1.82) is 0 Å². The van der Waals surface area contributed by atoms with Crippen molar-refractivity contribution in [2.24, 2.45) is 0 Å². The Kier molecular flexibility index (Phi) is 3.61. The number of anilines is 1. The second-order valence-electron chi connectivity index (χ2n) is 4.56. The highest BCUT2D eigenvalue weighted by Gasteiger charge is 2.32. The monoisotopic (exact) mass is 285 g/mol. The molecule has 7 heteroatoms. The normalized spacial score (nSPS) is 11.9. The smallest absolute Gasteiger partial charge is 0.419 e. The minimum absolute atomic E-state index is 0.0871. The van der Waals surface area contributed by atoms with Crippen LogP contribution >= 0.6 is 0 Å². The predicted molar refractivity (Wildman–Crippen MR) is 68.7 cm³/mol. The molecule has 1 aromatic carbocycles. The minimum Gasteiger partial charge on any atom is -0.489 e. The van der Waals surface area contributed by atoms with E-state index in [4.69, 9.17) is 10.5 Å². The average molecular weight is 285 g/mol. The van der Waals surface area contributed by atoms with Gasteiger partial charge in [-0.3, -0.25) is 0 Å². The number of rotatable bonds is 3. The Hall–Kier alpha value is -2.18. The number of halogens is 3. The van der Waals surface area contributed by atoms with Crippen molar-refractivity contribution in [3.8, 4) is 11.4 Å². The zero-order valence-electron chi connectivity index (χ0n) is 11.0. The summed E-state index contributed by atoms with van der Waals surface area (Å²) in [4.78, 5) is 0. The number of hydrogen-bond acceptors (Lipinski definition) is 3. The lowest BCUT2D eigenvalue weighted by atomic mass is 10.2. The summed E-state index contributed by atoms with van der Waals surface area (Å²) in [6, 6.07) is 4.71. The molecule has 0 saturated carbocycles. The highest BCUT2D eigenvalue weighted by molar-refractivity contribution is 5.57. The summed E-state index contributed by atoms with van der Waals surface area (Å²) in [5, 5.41) is 3.70. The van der Waals surface area contributed by atoms with Gasteiger partial charge in [0, 0.05) is 12.3 Å². The molecule has 2 N–H and O–H groups in total. The van der Waals surface area contributed by atoms with Crippen molar-refractivity contribution < 1.29 is 17.9 Å². The number of aromatic nitrogens is 2. The number of hydrogen-bond donors (Lipinski definition) is 1. The number of alkyl halides is 3. The molecule has 0 aliphatic rings. The van der Waals surface area contributed by atoms with Crippen molar-refractivity contribution in [3.63, 3.8) is 0 Å². The van der Waals surface area contributed by atoms with Crippen LogP contribution in [0.2, 0.25) is 0 Å². The van der Waals surface area contributed by atoms with Crippen molar-refractivity contribution in [3.05, 3.63) is 36.2 Å². The standard InChI is InChI=1S/C13H14F3N3O/c1-8(2)20-12-5-10(3-4-11(12)17)19-7-9(6-18-19)13(14,15)16/h3-8H,17H2,1-2H3. The van der Waals surface area contributed by atoms with Gasteiger partial charge >= 0.3 is 6.18 Å². The summed E-state index contributed by atoms with van der Waals surface area (Å²) in [5.74, 6) is 0.418. The molecule has 1 aromatic heterocycles. The van der Waals surface area contributed by atoms with Gasteiger partial charge in [-0.05, 0) is 26.0 Å². The van der Waals surface area contributed by atoms with Gasteiger partial charge in [0.2, 0.25) is 0 Å². The van der Waals surface area contributed by atoms with Gasteiger partial charge in [-0.1, -0.05) is 0 Å². The lowest BCUT2D eigenvalue weighted by Gasteiger charge is -2.13. The molecule has 0 amide bonds. The van der Waals surface area contributed by atoms with E-state index in [0.29, 0.717) is 17.1 Å². The third-order valence-electron chi connectivity index (χ3n) is 2.53. The summed E-state index contributed by atoms with van der Waals surface area (Å²) in [7, 11) is 0. The van der Waals surface area contributed by atoms with Crippen molar-refractivity contribution in [2.45, 2.75) is 26.1 Å². The van der Waals surface area contributed by atoms with Crippen molar-refractivity contribution in [1.82, 2.24) is 9.78 Å². The first-order valence-electron chi connectivity index (χ1n) is 5.96. The second-order valence-corrected chi connectivity index (χ2v) is 4.56. The van der Waals surface area contributed by atoms with E-state index >= 15 is 0 Å². The maximum atomic E-state index is 12.5. The van der Waals surface area contributed by atoms with Crippen LogP contribution in [-0.2, 0) is 6.18 Å². The van der Waals surface area contributed by atoms with E-state index in [1.807, 2.05) is 13.8 Å². The van der Waals surface area contributed by atoms with Crippen molar-refractivity contribution >= 4 is 5.69 Å². The first-order chi connectivity index (χ1) is 9.27. The molecular formula is C13H14F3N3O. The van der Waals surface area contributed by atoms with Crippen LogP contribution in [0.4, 0.5) is 18.9 Å². The van der Waals surface area contributed by atoms with Crippen LogP contribution in [0.15, 0.2) is 30.6 Å². The van der Waals surface area contributed by atoms with Crippen LogP contribution in [0, 0.1) is 0 Å². The average Bonchev–Trinajstić information content (AvgIpc) is 2.80. The Bertz CT molecular complexity index is 605. The van der Waals surface area contributed by atoms with E-state index in [1.165, 1.54) is 0 Å². The molecule has 2 rings (SSSR count). The molecule has 4 nitrogen and oxygen atoms in total. The summed E-state index contributed by atoms with van der Waals surface area (Å²) < 4.78 is 44.2. The molecule has 0 saturated heterocycles. The number of nitrogens with two attached hydrogens (primary N) is 1. The van der Waals surface area contributed by atoms with Gasteiger partial charge in [0.05, 0.1) is 29.2 Å². The molecule has 20 heavy (non-hydrogen) atoms. The summed E-state index contributed by atoms with van der Waals surface area (Å²) in [6.45, 7) is 3.67. The van der Waals surface area contributed by atoms with E-state index in [2.05, 4.69) is 5.10 Å². The third-order valence-corrected chi connectivity index (χ3v) is 2.53. The zero-order valence-corrected chi connectivity index (χ0v) is 11.0. The number of benzene rings is 1. The molecule has 0 spiro atoms. The summed E-state index contributed by atoms with van der Waals surface area (Å²) in [5.41, 5.74) is 5.82. The van der Waals surface area contributed by atoms with Gasteiger partial charge in [-0.15, -0.1) is 0 Å². The van der Waals surface area contributed by atoms with Crippen LogP contribution in [0.25, 0.3) is 5.69 Å². The third kappa shape index (κ3) is 3.04. The van der Waals surface area contributed by atoms with Gasteiger partial charge in [0.25, 0.3) is 0 Å². The maximum absolute atomic E-state index is 12.5. The van der Waals surface area contributed by atoms with E-state index in [9.17, 15) is 13.2 Å². The van der Waals surface area contributed by atoms with Gasteiger partial charge < -0.3 is 10.5 Å². The minimum atomic E-state index is -4.41. The fourth-order valence-corrected chi connectivity index (χ4v) is 1.63. The fourth-order valence-electron chi connectivity index (χ4n) is 1.63. The number of nitrogen functional groups attached to an aromatic ring is 1. The molecule has 0 aliphatic carbocycles. The molecule has 0 fully saturated rings. The molecule has 0 unspecified atom stereocenters.